The molecule has 0 fully saturated rings. The Labute approximate surface area is 104 Å². The molecule has 1 unspecified atom stereocenters. The fourth-order valence-corrected chi connectivity index (χ4v) is 2.04. The molecule has 0 saturated carbocycles. The van der Waals surface area contributed by atoms with Gasteiger partial charge in [-0.05, 0) is 39.7 Å². The molecule has 0 aliphatic heterocycles. The summed E-state index contributed by atoms with van der Waals surface area (Å²) < 4.78 is 5.64. The fourth-order valence-electron chi connectivity index (χ4n) is 2.04. The molecule has 1 rings (SSSR count). The smallest absolute Gasteiger partial charge is 0.118 e. The third-order valence-corrected chi connectivity index (χ3v) is 2.94. The van der Waals surface area contributed by atoms with Crippen LogP contribution in [0.3, 0.4) is 0 Å². The number of nitrogens with two attached hydrogens (primary N) is 1. The second-order valence-corrected chi connectivity index (χ2v) is 4.75. The Morgan fingerprint density at radius 2 is 1.94 bits per heavy atom. The Morgan fingerprint density at radius 1 is 1.29 bits per heavy atom. The first-order chi connectivity index (χ1) is 8.06. The van der Waals surface area contributed by atoms with Gasteiger partial charge in [0.1, 0.15) is 11.5 Å². The summed E-state index contributed by atoms with van der Waals surface area (Å²) in [5.74, 6) is 1.86. The number of likely N-dealkylation sites (N-methyl/N-ethyl adjacent to an activating group) is 2. The Hall–Kier alpha value is -0.840. The van der Waals surface area contributed by atoms with Crippen LogP contribution in [0.2, 0.25) is 0 Å². The maximum absolute atomic E-state index is 5.64. The van der Waals surface area contributed by atoms with Crippen LogP contribution < -0.4 is 5.73 Å². The molecular weight excluding hydrogens is 214 g/mol. The van der Waals surface area contributed by atoms with E-state index in [2.05, 4.69) is 37.7 Å². The average molecular weight is 239 g/mol. The topological polar surface area (TPSA) is 45.6 Å². The van der Waals surface area contributed by atoms with Crippen molar-refractivity contribution in [3.63, 3.8) is 0 Å². The maximum atomic E-state index is 5.64. The summed E-state index contributed by atoms with van der Waals surface area (Å²) in [4.78, 5) is 4.61. The molecule has 4 nitrogen and oxygen atoms in total. The van der Waals surface area contributed by atoms with E-state index in [0.717, 1.165) is 31.2 Å². The lowest BCUT2D eigenvalue weighted by Gasteiger charge is -2.29. The molecule has 0 aromatic carbocycles. The SMILES string of the molecule is CCN(Cc1ccc(CN)o1)C(C)CN(C)C. The second-order valence-electron chi connectivity index (χ2n) is 4.75. The third kappa shape index (κ3) is 4.50. The number of hydrogen-bond acceptors (Lipinski definition) is 4. The Morgan fingerprint density at radius 3 is 2.41 bits per heavy atom. The van der Waals surface area contributed by atoms with Crippen LogP contribution in [0.5, 0.6) is 0 Å². The van der Waals surface area contributed by atoms with Gasteiger partial charge in [0.2, 0.25) is 0 Å². The van der Waals surface area contributed by atoms with E-state index < -0.39 is 0 Å². The minimum absolute atomic E-state index is 0.472. The van der Waals surface area contributed by atoms with E-state index in [0.29, 0.717) is 12.6 Å². The van der Waals surface area contributed by atoms with E-state index in [1.165, 1.54) is 0 Å². The first-order valence-electron chi connectivity index (χ1n) is 6.23. The van der Waals surface area contributed by atoms with Crippen molar-refractivity contribution in [3.05, 3.63) is 23.7 Å². The van der Waals surface area contributed by atoms with E-state index in [1.807, 2.05) is 12.1 Å². The number of furan rings is 1. The van der Waals surface area contributed by atoms with Crippen LogP contribution in [0.25, 0.3) is 0 Å². The minimum Gasteiger partial charge on any atom is -0.463 e. The number of nitrogens with zero attached hydrogens (tertiary/aromatic N) is 2. The number of rotatable bonds is 7. The van der Waals surface area contributed by atoms with E-state index in [-0.39, 0.29) is 0 Å². The molecule has 1 atom stereocenters. The van der Waals surface area contributed by atoms with Crippen LogP contribution in [0.1, 0.15) is 25.4 Å². The van der Waals surface area contributed by atoms with Gasteiger partial charge in [0.15, 0.2) is 0 Å². The molecule has 17 heavy (non-hydrogen) atoms. The van der Waals surface area contributed by atoms with Crippen LogP contribution in [0, 0.1) is 0 Å². The normalized spacial score (nSPS) is 13.6. The lowest BCUT2D eigenvalue weighted by Crippen LogP contribution is -2.39. The highest BCUT2D eigenvalue weighted by molar-refractivity contribution is 5.06. The van der Waals surface area contributed by atoms with Crippen molar-refractivity contribution in [1.82, 2.24) is 9.80 Å². The lowest BCUT2D eigenvalue weighted by atomic mass is 10.2. The maximum Gasteiger partial charge on any atom is 0.118 e. The van der Waals surface area contributed by atoms with Gasteiger partial charge in [-0.25, -0.2) is 0 Å². The van der Waals surface area contributed by atoms with Crippen molar-refractivity contribution >= 4 is 0 Å². The molecule has 2 N–H and O–H groups in total. The molecule has 0 aliphatic rings. The van der Waals surface area contributed by atoms with Gasteiger partial charge in [-0.1, -0.05) is 6.92 Å². The van der Waals surface area contributed by atoms with Crippen molar-refractivity contribution in [2.24, 2.45) is 5.73 Å². The predicted molar refractivity (Wildman–Crippen MR) is 70.7 cm³/mol. The quantitative estimate of drug-likeness (QED) is 0.783. The van der Waals surface area contributed by atoms with Crippen LogP contribution in [0.15, 0.2) is 16.5 Å². The molecule has 1 aromatic heterocycles. The highest BCUT2D eigenvalue weighted by Gasteiger charge is 2.14. The average Bonchev–Trinajstić information content (AvgIpc) is 2.72. The van der Waals surface area contributed by atoms with Crippen LogP contribution in [0.4, 0.5) is 0 Å². The Balaban J connectivity index is 2.56. The number of hydrogen-bond donors (Lipinski definition) is 1. The molecule has 0 amide bonds. The summed E-state index contributed by atoms with van der Waals surface area (Å²) in [6.07, 6.45) is 0. The molecule has 1 aromatic rings. The van der Waals surface area contributed by atoms with Crippen molar-refractivity contribution in [2.75, 3.05) is 27.2 Å². The first kappa shape index (κ1) is 14.2. The predicted octanol–water partition coefficient (Wildman–Crippen LogP) is 1.51. The molecule has 0 saturated heterocycles. The summed E-state index contributed by atoms with van der Waals surface area (Å²) in [5, 5.41) is 0. The Kier molecular flexibility index (Phi) is 5.68. The van der Waals surface area contributed by atoms with E-state index >= 15 is 0 Å². The van der Waals surface area contributed by atoms with E-state index in [9.17, 15) is 0 Å². The van der Waals surface area contributed by atoms with Gasteiger partial charge in [-0.15, -0.1) is 0 Å². The van der Waals surface area contributed by atoms with Crippen molar-refractivity contribution < 1.29 is 4.42 Å². The zero-order chi connectivity index (χ0) is 12.8. The van der Waals surface area contributed by atoms with Crippen molar-refractivity contribution in [2.45, 2.75) is 33.0 Å². The monoisotopic (exact) mass is 239 g/mol. The molecule has 0 spiro atoms. The van der Waals surface area contributed by atoms with Crippen molar-refractivity contribution in [3.8, 4) is 0 Å². The summed E-state index contributed by atoms with van der Waals surface area (Å²) in [5.41, 5.74) is 5.54. The standard InChI is InChI=1S/C13H25N3O/c1-5-16(11(2)9-15(3)4)10-13-7-6-12(8-14)17-13/h6-7,11H,5,8-10,14H2,1-4H3. The summed E-state index contributed by atoms with van der Waals surface area (Å²) in [6.45, 7) is 7.83. The molecular formula is C13H25N3O. The highest BCUT2D eigenvalue weighted by atomic mass is 16.3. The van der Waals surface area contributed by atoms with Crippen molar-refractivity contribution in [1.29, 1.82) is 0 Å². The Bertz CT molecular complexity index is 322. The molecule has 98 valence electrons. The molecule has 0 bridgehead atoms. The minimum atomic E-state index is 0.472. The van der Waals surface area contributed by atoms with Crippen LogP contribution in [-0.4, -0.2) is 43.0 Å². The lowest BCUT2D eigenvalue weighted by molar-refractivity contribution is 0.162. The zero-order valence-corrected chi connectivity index (χ0v) is 11.4. The molecule has 0 aliphatic carbocycles. The van der Waals surface area contributed by atoms with E-state index in [1.54, 1.807) is 0 Å². The van der Waals surface area contributed by atoms with Gasteiger partial charge in [0, 0.05) is 12.6 Å². The van der Waals surface area contributed by atoms with Gasteiger partial charge in [-0.2, -0.15) is 0 Å². The zero-order valence-electron chi connectivity index (χ0n) is 11.4. The van der Waals surface area contributed by atoms with Gasteiger partial charge in [0.05, 0.1) is 13.1 Å². The molecule has 0 radical (unpaired) electrons. The van der Waals surface area contributed by atoms with Gasteiger partial charge < -0.3 is 15.1 Å². The van der Waals surface area contributed by atoms with Crippen LogP contribution >= 0.6 is 0 Å². The third-order valence-electron chi connectivity index (χ3n) is 2.94. The summed E-state index contributed by atoms with van der Waals surface area (Å²) in [6, 6.07) is 4.49. The van der Waals surface area contributed by atoms with Crippen LogP contribution in [-0.2, 0) is 13.1 Å². The fraction of sp³-hybridized carbons (Fsp3) is 0.692. The van der Waals surface area contributed by atoms with E-state index in [4.69, 9.17) is 10.2 Å². The van der Waals surface area contributed by atoms with Gasteiger partial charge in [-0.3, -0.25) is 4.90 Å². The van der Waals surface area contributed by atoms with Gasteiger partial charge in [0.25, 0.3) is 0 Å². The summed E-state index contributed by atoms with van der Waals surface area (Å²) >= 11 is 0. The largest absolute Gasteiger partial charge is 0.463 e. The molecule has 4 heteroatoms. The second kappa shape index (κ2) is 6.79. The van der Waals surface area contributed by atoms with Gasteiger partial charge >= 0.3 is 0 Å². The summed E-state index contributed by atoms with van der Waals surface area (Å²) in [7, 11) is 4.20. The first-order valence-corrected chi connectivity index (χ1v) is 6.23. The highest BCUT2D eigenvalue weighted by Crippen LogP contribution is 2.12. The molecule has 1 heterocycles.